The smallest absolute Gasteiger partial charge is 0.0550 e. The number of hydrogen-bond donors (Lipinski definition) is 1. The number of benzene rings is 1. The van der Waals surface area contributed by atoms with Gasteiger partial charge in [-0.2, -0.15) is 0 Å². The summed E-state index contributed by atoms with van der Waals surface area (Å²) >= 11 is 2.31. The topological polar surface area (TPSA) is 29.3 Å². The molecule has 0 fully saturated rings. The van der Waals surface area contributed by atoms with Gasteiger partial charge in [0.1, 0.15) is 0 Å². The van der Waals surface area contributed by atoms with E-state index in [0.717, 1.165) is 18.7 Å². The highest BCUT2D eigenvalue weighted by Gasteiger charge is 2.13. The summed E-state index contributed by atoms with van der Waals surface area (Å²) in [4.78, 5) is 0. The van der Waals surface area contributed by atoms with E-state index in [1.807, 2.05) is 6.07 Å². The predicted molar refractivity (Wildman–Crippen MR) is 72.2 cm³/mol. The summed E-state index contributed by atoms with van der Waals surface area (Å²) in [5, 5.41) is 0. The van der Waals surface area contributed by atoms with Gasteiger partial charge < -0.3 is 10.0 Å². The highest BCUT2D eigenvalue weighted by Crippen LogP contribution is 2.33. The van der Waals surface area contributed by atoms with E-state index < -0.39 is 0 Å². The molecule has 0 saturated carbocycles. The van der Waals surface area contributed by atoms with E-state index in [1.54, 1.807) is 9.12 Å². The van der Waals surface area contributed by atoms with Crippen molar-refractivity contribution in [2.24, 2.45) is 5.73 Å². The Morgan fingerprint density at radius 2 is 2.14 bits per heavy atom. The third-order valence-electron chi connectivity index (χ3n) is 2.23. The van der Waals surface area contributed by atoms with E-state index in [0.29, 0.717) is 0 Å². The monoisotopic (exact) mass is 318 g/mol. The van der Waals surface area contributed by atoms with Crippen molar-refractivity contribution < 1.29 is 0 Å². The lowest BCUT2D eigenvalue weighted by Gasteiger charge is -2.19. The van der Waals surface area contributed by atoms with Crippen LogP contribution in [0.2, 0.25) is 0 Å². The van der Waals surface area contributed by atoms with Gasteiger partial charge in [0, 0.05) is 54.6 Å². The third kappa shape index (κ3) is 2.00. The van der Waals surface area contributed by atoms with Crippen LogP contribution in [-0.4, -0.2) is 6.54 Å². The van der Waals surface area contributed by atoms with Gasteiger partial charge in [0.25, 0.3) is 0 Å². The van der Waals surface area contributed by atoms with Crippen LogP contribution in [0.4, 0.5) is 5.69 Å². The average Bonchev–Trinajstić information content (AvgIpc) is 2.36. The Balaban J connectivity index is 2.46. The lowest BCUT2D eigenvalue weighted by atomic mass is 10.1. The molecular formula is C10H11IN2S. The number of fused-ring (bicyclic) bond motifs is 1. The summed E-state index contributed by atoms with van der Waals surface area (Å²) < 4.78 is 2.27. The van der Waals surface area contributed by atoms with Crippen LogP contribution in [0, 0.1) is 0 Å². The normalized spacial score (nSPS) is 15.8. The fraction of sp³-hybridized carbons (Fsp3) is 0.200. The van der Waals surface area contributed by atoms with Gasteiger partial charge in [0.05, 0.1) is 5.69 Å². The molecule has 0 unspecified atom stereocenters. The maximum atomic E-state index is 5.89. The molecule has 2 N–H and O–H groups in total. The van der Waals surface area contributed by atoms with Crippen molar-refractivity contribution in [3.05, 3.63) is 35.5 Å². The van der Waals surface area contributed by atoms with Crippen LogP contribution in [0.1, 0.15) is 12.0 Å². The number of nitrogens with two attached hydrogens (primary N) is 1. The Labute approximate surface area is 100 Å². The van der Waals surface area contributed by atoms with Gasteiger partial charge in [-0.3, -0.25) is 0 Å². The number of nitrogens with zero attached hydrogens (tertiary/aromatic N) is 1. The molecule has 1 aromatic rings. The molecule has 0 aliphatic carbocycles. The molecular weight excluding hydrogens is 307 g/mol. The summed E-state index contributed by atoms with van der Waals surface area (Å²) in [5.41, 5.74) is 9.32. The van der Waals surface area contributed by atoms with Crippen LogP contribution < -0.4 is 10.0 Å². The van der Waals surface area contributed by atoms with Gasteiger partial charge in [-0.25, -0.2) is 0 Å². The summed E-state index contributed by atoms with van der Waals surface area (Å²) in [7, 11) is 1.72. The van der Waals surface area contributed by atoms with Crippen LogP contribution in [0.3, 0.4) is 0 Å². The van der Waals surface area contributed by atoms with Crippen LogP contribution >= 0.6 is 30.3 Å². The van der Waals surface area contributed by atoms with E-state index in [1.165, 1.54) is 11.3 Å². The molecule has 1 aliphatic rings. The van der Waals surface area contributed by atoms with Gasteiger partial charge in [0.15, 0.2) is 0 Å². The molecule has 1 aliphatic heterocycles. The largest absolute Gasteiger partial charge is 0.402 e. The second kappa shape index (κ2) is 4.44. The van der Waals surface area contributed by atoms with Gasteiger partial charge in [0.2, 0.25) is 0 Å². The quantitative estimate of drug-likeness (QED) is 0.637. The van der Waals surface area contributed by atoms with Crippen LogP contribution in [0.15, 0.2) is 30.0 Å². The second-order valence-electron chi connectivity index (χ2n) is 3.20. The predicted octanol–water partition coefficient (Wildman–Crippen LogP) is 3.19. The lowest BCUT2D eigenvalue weighted by Crippen LogP contribution is -2.14. The highest BCUT2D eigenvalue weighted by molar-refractivity contribution is 14.2. The Hall–Kier alpha value is -0.360. The van der Waals surface area contributed by atoms with E-state index in [-0.39, 0.29) is 0 Å². The summed E-state index contributed by atoms with van der Waals surface area (Å²) in [6.45, 7) is 0.979. The molecule has 1 heterocycles. The van der Waals surface area contributed by atoms with Crippen LogP contribution in [-0.2, 0) is 0 Å². The molecule has 1 aromatic carbocycles. The van der Waals surface area contributed by atoms with E-state index >= 15 is 0 Å². The molecule has 0 aromatic heterocycles. The molecule has 14 heavy (non-hydrogen) atoms. The van der Waals surface area contributed by atoms with E-state index in [2.05, 4.69) is 49.8 Å². The van der Waals surface area contributed by atoms with Crippen molar-refractivity contribution in [3.8, 4) is 0 Å². The van der Waals surface area contributed by atoms with Crippen molar-refractivity contribution in [1.29, 1.82) is 0 Å². The molecule has 2 rings (SSSR count). The SMILES string of the molecule is NC1=Cc2ccccc2N(SI)CC1. The van der Waals surface area contributed by atoms with Gasteiger partial charge in [-0.05, 0) is 12.1 Å². The minimum Gasteiger partial charge on any atom is -0.402 e. The maximum absolute atomic E-state index is 5.89. The van der Waals surface area contributed by atoms with Crippen LogP contribution in [0.5, 0.6) is 0 Å². The van der Waals surface area contributed by atoms with Crippen molar-refractivity contribution in [1.82, 2.24) is 0 Å². The van der Waals surface area contributed by atoms with Crippen molar-refractivity contribution >= 4 is 42.1 Å². The summed E-state index contributed by atoms with van der Waals surface area (Å²) in [6, 6.07) is 8.35. The Morgan fingerprint density at radius 3 is 2.93 bits per heavy atom. The first-order chi connectivity index (χ1) is 6.81. The number of rotatable bonds is 1. The standard InChI is InChI=1S/C10H11IN2S/c11-14-13-6-5-9(12)7-8-3-1-2-4-10(8)13/h1-4,7H,5-6,12H2. The molecule has 0 radical (unpaired) electrons. The molecule has 4 heteroatoms. The average molecular weight is 318 g/mol. The van der Waals surface area contributed by atoms with E-state index in [4.69, 9.17) is 5.73 Å². The Kier molecular flexibility index (Phi) is 3.22. The van der Waals surface area contributed by atoms with Crippen molar-refractivity contribution in [3.63, 3.8) is 0 Å². The van der Waals surface area contributed by atoms with Crippen molar-refractivity contribution in [2.75, 3.05) is 10.8 Å². The minimum atomic E-state index is 0.935. The first-order valence-electron chi connectivity index (χ1n) is 4.42. The minimum absolute atomic E-state index is 0.935. The summed E-state index contributed by atoms with van der Waals surface area (Å²) in [6.07, 6.45) is 3.01. The number of para-hydroxylation sites is 1. The van der Waals surface area contributed by atoms with Crippen molar-refractivity contribution in [2.45, 2.75) is 6.42 Å². The summed E-state index contributed by atoms with van der Waals surface area (Å²) in [5.74, 6) is 0. The second-order valence-corrected chi connectivity index (χ2v) is 4.96. The van der Waals surface area contributed by atoms with E-state index in [9.17, 15) is 0 Å². The number of halogens is 1. The zero-order valence-corrected chi connectivity index (χ0v) is 10.6. The number of hydrogen-bond acceptors (Lipinski definition) is 3. The lowest BCUT2D eigenvalue weighted by molar-refractivity contribution is 0.953. The first-order valence-corrected chi connectivity index (χ1v) is 7.74. The molecule has 0 amide bonds. The van der Waals surface area contributed by atoms with Gasteiger partial charge in [-0.15, -0.1) is 0 Å². The maximum Gasteiger partial charge on any atom is 0.0550 e. The van der Waals surface area contributed by atoms with Crippen LogP contribution in [0.25, 0.3) is 6.08 Å². The zero-order valence-electron chi connectivity index (χ0n) is 7.61. The fourth-order valence-corrected chi connectivity index (χ4v) is 3.16. The molecule has 2 nitrogen and oxygen atoms in total. The zero-order chi connectivity index (χ0) is 9.97. The van der Waals surface area contributed by atoms with Gasteiger partial charge in [-0.1, -0.05) is 18.2 Å². The molecule has 0 bridgehead atoms. The van der Waals surface area contributed by atoms with Gasteiger partial charge >= 0.3 is 0 Å². The number of anilines is 1. The molecule has 74 valence electrons. The Bertz CT molecular complexity index is 365. The highest BCUT2D eigenvalue weighted by atomic mass is 127. The molecule has 0 spiro atoms. The fourth-order valence-electron chi connectivity index (χ4n) is 1.53. The third-order valence-corrected chi connectivity index (χ3v) is 4.21. The molecule has 0 atom stereocenters. The Morgan fingerprint density at radius 1 is 1.36 bits per heavy atom. The molecule has 0 saturated heterocycles. The first kappa shape index (κ1) is 10.2.